The van der Waals surface area contributed by atoms with Crippen LogP contribution in [0.25, 0.3) is 21.8 Å². The third-order valence-electron chi connectivity index (χ3n) is 3.16. The molecule has 0 fully saturated rings. The largest absolute Gasteiger partial charge is 0.496 e. The lowest BCUT2D eigenvalue weighted by molar-refractivity contribution is 0.0702. The van der Waals surface area contributed by atoms with Crippen molar-refractivity contribution in [3.8, 4) is 27.6 Å². The zero-order chi connectivity index (χ0) is 15.7. The van der Waals surface area contributed by atoms with Gasteiger partial charge in [-0.2, -0.15) is 0 Å². The fourth-order valence-electron chi connectivity index (χ4n) is 2.15. The quantitative estimate of drug-likeness (QED) is 0.794. The summed E-state index contributed by atoms with van der Waals surface area (Å²) in [6.07, 6.45) is 0. The van der Waals surface area contributed by atoms with Gasteiger partial charge in [0.1, 0.15) is 10.6 Å². The molecule has 2 heterocycles. The predicted molar refractivity (Wildman–Crippen MR) is 81.1 cm³/mol. The Morgan fingerprint density at radius 2 is 2.09 bits per heavy atom. The van der Waals surface area contributed by atoms with E-state index in [1.54, 1.807) is 20.2 Å². The highest BCUT2D eigenvalue weighted by Gasteiger charge is 2.21. The zero-order valence-electron chi connectivity index (χ0n) is 11.8. The van der Waals surface area contributed by atoms with Crippen molar-refractivity contribution in [1.82, 2.24) is 20.2 Å². The molecule has 8 heteroatoms. The van der Waals surface area contributed by atoms with Gasteiger partial charge in [0.05, 0.1) is 7.11 Å². The van der Waals surface area contributed by atoms with Crippen molar-refractivity contribution in [1.29, 1.82) is 0 Å². The lowest BCUT2D eigenvalue weighted by atomic mass is 10.1. The monoisotopic (exact) mass is 316 g/mol. The molecule has 0 atom stereocenters. The van der Waals surface area contributed by atoms with Crippen molar-refractivity contribution in [2.24, 2.45) is 7.05 Å². The van der Waals surface area contributed by atoms with Crippen LogP contribution in [0.5, 0.6) is 5.75 Å². The van der Waals surface area contributed by atoms with E-state index in [1.807, 2.05) is 24.3 Å². The van der Waals surface area contributed by atoms with Gasteiger partial charge in [0.2, 0.25) is 0 Å². The molecule has 112 valence electrons. The number of carbonyl (C=O) groups is 1. The molecule has 3 aromatic rings. The van der Waals surface area contributed by atoms with Crippen LogP contribution in [0.4, 0.5) is 0 Å². The number of rotatable bonds is 4. The molecular formula is C14H12N4O3S. The van der Waals surface area contributed by atoms with Crippen LogP contribution < -0.4 is 4.74 Å². The van der Waals surface area contributed by atoms with Crippen molar-refractivity contribution in [3.05, 3.63) is 35.2 Å². The Hall–Kier alpha value is -2.74. The molecule has 1 N–H and O–H groups in total. The number of aromatic nitrogens is 4. The van der Waals surface area contributed by atoms with E-state index >= 15 is 0 Å². The Morgan fingerprint density at radius 1 is 1.32 bits per heavy atom. The van der Waals surface area contributed by atoms with E-state index in [9.17, 15) is 9.90 Å². The van der Waals surface area contributed by atoms with E-state index in [0.29, 0.717) is 17.1 Å². The van der Waals surface area contributed by atoms with Crippen LogP contribution in [0.15, 0.2) is 30.3 Å². The van der Waals surface area contributed by atoms with Gasteiger partial charge in [-0.15, -0.1) is 16.4 Å². The molecular weight excluding hydrogens is 304 g/mol. The summed E-state index contributed by atoms with van der Waals surface area (Å²) in [7, 11) is 3.29. The number of thiophene rings is 1. The van der Waals surface area contributed by atoms with Crippen molar-refractivity contribution < 1.29 is 14.6 Å². The van der Waals surface area contributed by atoms with Crippen LogP contribution in [0.1, 0.15) is 9.67 Å². The van der Waals surface area contributed by atoms with Gasteiger partial charge in [0.25, 0.3) is 0 Å². The maximum Gasteiger partial charge on any atom is 0.345 e. The Labute approximate surface area is 129 Å². The van der Waals surface area contributed by atoms with Gasteiger partial charge in [-0.1, -0.05) is 12.1 Å². The Balaban J connectivity index is 2.26. The average Bonchev–Trinajstić information content (AvgIpc) is 3.13. The summed E-state index contributed by atoms with van der Waals surface area (Å²) in [5.41, 5.74) is 1.47. The number of ether oxygens (including phenoxy) is 1. The minimum Gasteiger partial charge on any atom is -0.496 e. The number of aryl methyl sites for hydroxylation is 1. The first-order valence-corrected chi connectivity index (χ1v) is 7.16. The number of tetrazole rings is 1. The molecule has 7 nitrogen and oxygen atoms in total. The van der Waals surface area contributed by atoms with Crippen LogP contribution in [0.2, 0.25) is 0 Å². The predicted octanol–water partition coefficient (Wildman–Crippen LogP) is 2.31. The van der Waals surface area contributed by atoms with Gasteiger partial charge in [0.15, 0.2) is 5.82 Å². The molecule has 0 unspecified atom stereocenters. The molecule has 1 aromatic carbocycles. The summed E-state index contributed by atoms with van der Waals surface area (Å²) in [6.45, 7) is 0. The van der Waals surface area contributed by atoms with Crippen molar-refractivity contribution in [2.45, 2.75) is 0 Å². The number of aromatic carboxylic acids is 1. The van der Waals surface area contributed by atoms with E-state index in [2.05, 4.69) is 15.5 Å². The van der Waals surface area contributed by atoms with Crippen molar-refractivity contribution >= 4 is 17.3 Å². The van der Waals surface area contributed by atoms with Crippen LogP contribution >= 0.6 is 11.3 Å². The normalized spacial score (nSPS) is 10.6. The minimum absolute atomic E-state index is 0.221. The summed E-state index contributed by atoms with van der Waals surface area (Å²) < 4.78 is 6.88. The summed E-state index contributed by atoms with van der Waals surface area (Å²) in [5.74, 6) is 0.185. The summed E-state index contributed by atoms with van der Waals surface area (Å²) in [5, 5.41) is 20.7. The lowest BCUT2D eigenvalue weighted by Crippen LogP contribution is -1.95. The highest BCUT2D eigenvalue weighted by Crippen LogP contribution is 2.42. The number of benzene rings is 1. The number of hydrogen-bond acceptors (Lipinski definition) is 6. The van der Waals surface area contributed by atoms with Gasteiger partial charge < -0.3 is 9.84 Å². The molecule has 0 aliphatic heterocycles. The summed E-state index contributed by atoms with van der Waals surface area (Å²) >= 11 is 1.17. The SMILES string of the molecule is COc1ccccc1-c1sc(C(=O)O)cc1-c1nnnn1C. The molecule has 0 aliphatic rings. The first-order valence-electron chi connectivity index (χ1n) is 6.35. The standard InChI is InChI=1S/C14H12N4O3S/c1-18-13(15-16-17-18)9-7-11(14(19)20)22-12(9)8-5-3-4-6-10(8)21-2/h3-7H,1-2H3,(H,19,20). The molecule has 0 spiro atoms. The third kappa shape index (κ3) is 2.33. The van der Waals surface area contributed by atoms with Crippen molar-refractivity contribution in [2.75, 3.05) is 7.11 Å². The van der Waals surface area contributed by atoms with E-state index in [4.69, 9.17) is 4.74 Å². The topological polar surface area (TPSA) is 90.1 Å². The highest BCUT2D eigenvalue weighted by atomic mass is 32.1. The van der Waals surface area contributed by atoms with E-state index in [-0.39, 0.29) is 4.88 Å². The first-order chi connectivity index (χ1) is 10.6. The molecule has 0 aliphatic carbocycles. The number of nitrogens with zero attached hydrogens (tertiary/aromatic N) is 4. The van der Waals surface area contributed by atoms with E-state index in [0.717, 1.165) is 10.4 Å². The number of carboxylic acids is 1. The van der Waals surface area contributed by atoms with E-state index in [1.165, 1.54) is 16.0 Å². The van der Waals surface area contributed by atoms with E-state index < -0.39 is 5.97 Å². The molecule has 0 radical (unpaired) electrons. The molecule has 22 heavy (non-hydrogen) atoms. The van der Waals surface area contributed by atoms with Crippen molar-refractivity contribution in [3.63, 3.8) is 0 Å². The molecule has 0 bridgehead atoms. The molecule has 0 amide bonds. The molecule has 0 saturated heterocycles. The maximum atomic E-state index is 11.3. The highest BCUT2D eigenvalue weighted by molar-refractivity contribution is 7.18. The molecule has 3 rings (SSSR count). The Kier molecular flexibility index (Phi) is 3.60. The van der Waals surface area contributed by atoms with Crippen LogP contribution in [-0.2, 0) is 7.05 Å². The van der Waals surface area contributed by atoms with Gasteiger partial charge >= 0.3 is 5.97 Å². The molecule has 2 aromatic heterocycles. The van der Waals surface area contributed by atoms with Crippen LogP contribution in [0.3, 0.4) is 0 Å². The fourth-order valence-corrected chi connectivity index (χ4v) is 3.18. The second kappa shape index (κ2) is 5.57. The zero-order valence-corrected chi connectivity index (χ0v) is 12.7. The maximum absolute atomic E-state index is 11.3. The number of para-hydroxylation sites is 1. The number of hydrogen-bond donors (Lipinski definition) is 1. The lowest BCUT2D eigenvalue weighted by Gasteiger charge is -2.08. The minimum atomic E-state index is -0.984. The van der Waals surface area contributed by atoms with Crippen LogP contribution in [0, 0.1) is 0 Å². The number of methoxy groups -OCH3 is 1. The first kappa shape index (κ1) is 14.2. The van der Waals surface area contributed by atoms with Gasteiger partial charge in [-0.25, -0.2) is 9.48 Å². The summed E-state index contributed by atoms with van der Waals surface area (Å²) in [4.78, 5) is 12.3. The molecule has 0 saturated carbocycles. The second-order valence-corrected chi connectivity index (χ2v) is 5.54. The Morgan fingerprint density at radius 3 is 2.73 bits per heavy atom. The van der Waals surface area contributed by atoms with Gasteiger partial charge in [-0.05, 0) is 28.6 Å². The third-order valence-corrected chi connectivity index (χ3v) is 4.31. The summed E-state index contributed by atoms with van der Waals surface area (Å²) in [6, 6.07) is 9.02. The fraction of sp³-hybridized carbons (Fsp3) is 0.143. The smallest absolute Gasteiger partial charge is 0.345 e. The van der Waals surface area contributed by atoms with Gasteiger partial charge in [-0.3, -0.25) is 0 Å². The Bertz CT molecular complexity index is 840. The van der Waals surface area contributed by atoms with Crippen LogP contribution in [-0.4, -0.2) is 38.4 Å². The van der Waals surface area contributed by atoms with Gasteiger partial charge in [0, 0.05) is 23.1 Å². The number of carboxylic acid groups (broad SMARTS) is 1. The average molecular weight is 316 g/mol. The second-order valence-electron chi connectivity index (χ2n) is 4.48.